The summed E-state index contributed by atoms with van der Waals surface area (Å²) in [5.41, 5.74) is 7.21. The monoisotopic (exact) mass is 335 g/mol. The summed E-state index contributed by atoms with van der Waals surface area (Å²) >= 11 is 0. The number of rotatable bonds is 6. The molecule has 2 rings (SSSR count). The Hall–Kier alpha value is -3.09. The molecule has 2 aromatic rings. The van der Waals surface area contributed by atoms with E-state index in [1.165, 1.54) is 0 Å². The topological polar surface area (TPSA) is 110 Å². The SMILES string of the molecule is CCCCN(C)Cc1ccccc1-c1c(C#N)c(N)[nH]c(=O)c1C#N. The molecule has 0 radical (unpaired) electrons. The Morgan fingerprint density at radius 3 is 2.52 bits per heavy atom. The van der Waals surface area contributed by atoms with Crippen molar-refractivity contribution in [3.8, 4) is 23.3 Å². The lowest BCUT2D eigenvalue weighted by Gasteiger charge is -2.19. The number of nitrogens with zero attached hydrogens (tertiary/aromatic N) is 3. The van der Waals surface area contributed by atoms with Gasteiger partial charge in [-0.05, 0) is 31.1 Å². The maximum Gasteiger partial charge on any atom is 0.268 e. The van der Waals surface area contributed by atoms with E-state index in [9.17, 15) is 15.3 Å². The number of nitrogens with two attached hydrogens (primary N) is 1. The maximum atomic E-state index is 12.1. The molecule has 25 heavy (non-hydrogen) atoms. The largest absolute Gasteiger partial charge is 0.384 e. The Morgan fingerprint density at radius 2 is 1.88 bits per heavy atom. The number of pyridine rings is 1. The van der Waals surface area contributed by atoms with Gasteiger partial charge >= 0.3 is 0 Å². The lowest BCUT2D eigenvalue weighted by atomic mass is 9.92. The summed E-state index contributed by atoms with van der Waals surface area (Å²) in [6, 6.07) is 11.4. The van der Waals surface area contributed by atoms with Crippen molar-refractivity contribution in [1.82, 2.24) is 9.88 Å². The molecular formula is C19H21N5O. The molecule has 0 saturated carbocycles. The van der Waals surface area contributed by atoms with Crippen LogP contribution in [0.25, 0.3) is 11.1 Å². The van der Waals surface area contributed by atoms with E-state index in [0.29, 0.717) is 17.7 Å². The Morgan fingerprint density at radius 1 is 1.20 bits per heavy atom. The van der Waals surface area contributed by atoms with Crippen molar-refractivity contribution in [2.45, 2.75) is 26.3 Å². The summed E-state index contributed by atoms with van der Waals surface area (Å²) in [6.07, 6.45) is 2.19. The van der Waals surface area contributed by atoms with E-state index < -0.39 is 5.56 Å². The van der Waals surface area contributed by atoms with Gasteiger partial charge < -0.3 is 15.6 Å². The number of hydrogen-bond donors (Lipinski definition) is 2. The summed E-state index contributed by atoms with van der Waals surface area (Å²) < 4.78 is 0. The number of benzene rings is 1. The van der Waals surface area contributed by atoms with Crippen LogP contribution >= 0.6 is 0 Å². The van der Waals surface area contributed by atoms with E-state index >= 15 is 0 Å². The predicted molar refractivity (Wildman–Crippen MR) is 97.6 cm³/mol. The third-order valence-corrected chi connectivity index (χ3v) is 4.09. The highest BCUT2D eigenvalue weighted by molar-refractivity contribution is 5.81. The molecule has 6 heteroatoms. The Kier molecular flexibility index (Phi) is 5.94. The molecule has 128 valence electrons. The zero-order valence-electron chi connectivity index (χ0n) is 14.5. The summed E-state index contributed by atoms with van der Waals surface area (Å²) in [6.45, 7) is 3.73. The van der Waals surface area contributed by atoms with Crippen LogP contribution in [-0.2, 0) is 6.54 Å². The number of aromatic nitrogens is 1. The van der Waals surface area contributed by atoms with Crippen LogP contribution in [0.15, 0.2) is 29.1 Å². The first kappa shape index (κ1) is 18.3. The highest BCUT2D eigenvalue weighted by Crippen LogP contribution is 2.31. The summed E-state index contributed by atoms with van der Waals surface area (Å²) in [5, 5.41) is 18.9. The van der Waals surface area contributed by atoms with Crippen molar-refractivity contribution in [2.24, 2.45) is 0 Å². The van der Waals surface area contributed by atoms with Crippen molar-refractivity contribution < 1.29 is 0 Å². The highest BCUT2D eigenvalue weighted by atomic mass is 16.1. The first-order valence-corrected chi connectivity index (χ1v) is 8.16. The fraction of sp³-hybridized carbons (Fsp3) is 0.316. The number of anilines is 1. The number of H-pyrrole nitrogens is 1. The molecule has 0 aliphatic carbocycles. The van der Waals surface area contributed by atoms with Crippen LogP contribution in [0.1, 0.15) is 36.5 Å². The molecule has 1 aromatic heterocycles. The normalized spacial score (nSPS) is 10.4. The standard InChI is InChI=1S/C19H21N5O/c1-3-4-9-24(2)12-13-7-5-6-8-14(13)17-15(10-20)18(22)23-19(25)16(17)11-21/h5-8H,3-4,9,12H2,1-2H3,(H3,22,23,25). The van der Waals surface area contributed by atoms with Crippen molar-refractivity contribution in [1.29, 1.82) is 10.5 Å². The molecule has 0 spiro atoms. The molecule has 0 unspecified atom stereocenters. The summed E-state index contributed by atoms with van der Waals surface area (Å²) in [5.74, 6) is -0.0179. The second-order valence-corrected chi connectivity index (χ2v) is 5.96. The number of hydrogen-bond acceptors (Lipinski definition) is 5. The van der Waals surface area contributed by atoms with Gasteiger partial charge in [-0.3, -0.25) is 4.79 Å². The molecule has 0 bridgehead atoms. The van der Waals surface area contributed by atoms with Gasteiger partial charge in [0.2, 0.25) is 0 Å². The van der Waals surface area contributed by atoms with E-state index in [0.717, 1.165) is 24.9 Å². The van der Waals surface area contributed by atoms with Gasteiger partial charge in [-0.2, -0.15) is 10.5 Å². The third-order valence-electron chi connectivity index (χ3n) is 4.09. The van der Waals surface area contributed by atoms with Gasteiger partial charge in [-0.1, -0.05) is 37.6 Å². The van der Waals surface area contributed by atoms with Crippen LogP contribution in [0.5, 0.6) is 0 Å². The molecule has 0 aliphatic heterocycles. The molecule has 0 aliphatic rings. The molecule has 3 N–H and O–H groups in total. The first-order chi connectivity index (χ1) is 12.0. The van der Waals surface area contributed by atoms with Gasteiger partial charge in [-0.25, -0.2) is 0 Å². The number of nitrogens with one attached hydrogen (secondary N) is 1. The van der Waals surface area contributed by atoms with Gasteiger partial charge in [0, 0.05) is 12.1 Å². The minimum Gasteiger partial charge on any atom is -0.384 e. The van der Waals surface area contributed by atoms with E-state index in [4.69, 9.17) is 5.73 Å². The third kappa shape index (κ3) is 3.88. The Bertz CT molecular complexity index is 901. The van der Waals surface area contributed by atoms with Crippen LogP contribution in [-0.4, -0.2) is 23.5 Å². The molecular weight excluding hydrogens is 314 g/mol. The van der Waals surface area contributed by atoms with Crippen LogP contribution < -0.4 is 11.3 Å². The quantitative estimate of drug-likeness (QED) is 0.843. The Balaban J connectivity index is 2.63. The first-order valence-electron chi connectivity index (χ1n) is 8.16. The van der Waals surface area contributed by atoms with E-state index in [2.05, 4.69) is 16.8 Å². The Labute approximate surface area is 147 Å². The van der Waals surface area contributed by atoms with Gasteiger partial charge in [-0.15, -0.1) is 0 Å². The molecule has 0 atom stereocenters. The zero-order valence-corrected chi connectivity index (χ0v) is 14.5. The average molecular weight is 335 g/mol. The van der Waals surface area contributed by atoms with Crippen LogP contribution in [0, 0.1) is 22.7 Å². The van der Waals surface area contributed by atoms with Crippen molar-refractivity contribution >= 4 is 5.82 Å². The average Bonchev–Trinajstić information content (AvgIpc) is 2.60. The second kappa shape index (κ2) is 8.14. The lowest BCUT2D eigenvalue weighted by Crippen LogP contribution is -2.20. The predicted octanol–water partition coefficient (Wildman–Crippen LogP) is 2.60. The van der Waals surface area contributed by atoms with E-state index in [1.807, 2.05) is 43.5 Å². The summed E-state index contributed by atoms with van der Waals surface area (Å²) in [7, 11) is 2.02. The zero-order chi connectivity index (χ0) is 18.4. The molecule has 1 aromatic carbocycles. The van der Waals surface area contributed by atoms with E-state index in [1.54, 1.807) is 0 Å². The number of nitrogen functional groups attached to an aromatic ring is 1. The smallest absolute Gasteiger partial charge is 0.268 e. The minimum absolute atomic E-state index is 0.0179. The number of nitriles is 2. The molecule has 6 nitrogen and oxygen atoms in total. The van der Waals surface area contributed by atoms with Crippen molar-refractivity contribution in [3.05, 3.63) is 51.3 Å². The fourth-order valence-corrected chi connectivity index (χ4v) is 2.81. The van der Waals surface area contributed by atoms with Gasteiger partial charge in [0.15, 0.2) is 0 Å². The number of unbranched alkanes of at least 4 members (excludes halogenated alkanes) is 1. The fourth-order valence-electron chi connectivity index (χ4n) is 2.81. The van der Waals surface area contributed by atoms with Crippen molar-refractivity contribution in [2.75, 3.05) is 19.3 Å². The summed E-state index contributed by atoms with van der Waals surface area (Å²) in [4.78, 5) is 16.7. The molecule has 0 fully saturated rings. The van der Waals surface area contributed by atoms with Crippen molar-refractivity contribution in [3.63, 3.8) is 0 Å². The number of aromatic amines is 1. The van der Waals surface area contributed by atoms with Gasteiger partial charge in [0.1, 0.15) is 29.1 Å². The maximum absolute atomic E-state index is 12.1. The molecule has 1 heterocycles. The lowest BCUT2D eigenvalue weighted by molar-refractivity contribution is 0.321. The highest BCUT2D eigenvalue weighted by Gasteiger charge is 2.20. The molecule has 0 amide bonds. The van der Waals surface area contributed by atoms with Gasteiger partial charge in [0.25, 0.3) is 5.56 Å². The van der Waals surface area contributed by atoms with Crippen LogP contribution in [0.2, 0.25) is 0 Å². The van der Waals surface area contributed by atoms with Crippen LogP contribution in [0.4, 0.5) is 5.82 Å². The minimum atomic E-state index is -0.580. The van der Waals surface area contributed by atoms with Gasteiger partial charge in [0.05, 0.1) is 0 Å². The molecule has 0 saturated heterocycles. The van der Waals surface area contributed by atoms with E-state index in [-0.39, 0.29) is 16.9 Å². The van der Waals surface area contributed by atoms with Crippen LogP contribution in [0.3, 0.4) is 0 Å². The second-order valence-electron chi connectivity index (χ2n) is 5.96.